The highest BCUT2D eigenvalue weighted by Gasteiger charge is 2.02. The summed E-state index contributed by atoms with van der Waals surface area (Å²) >= 11 is 0. The number of aliphatic hydroxyl groups excluding tert-OH is 1. The number of rotatable bonds is 4. The van der Waals surface area contributed by atoms with Crippen LogP contribution in [0.2, 0.25) is 0 Å². The van der Waals surface area contributed by atoms with E-state index < -0.39 is 6.10 Å². The van der Waals surface area contributed by atoms with E-state index in [0.717, 1.165) is 0 Å². The maximum Gasteiger partial charge on any atom is 0.216 e. The Morgan fingerprint density at radius 1 is 1.80 bits per heavy atom. The van der Waals surface area contributed by atoms with Gasteiger partial charge >= 0.3 is 0 Å². The molecule has 2 N–H and O–H groups in total. The summed E-state index contributed by atoms with van der Waals surface area (Å²) < 4.78 is 4.63. The van der Waals surface area contributed by atoms with Crippen molar-refractivity contribution in [2.24, 2.45) is 0 Å². The number of hydrogen-bond acceptors (Lipinski definition) is 3. The van der Waals surface area contributed by atoms with Gasteiger partial charge in [0, 0.05) is 20.6 Å². The predicted octanol–water partition coefficient (Wildman–Crippen LogP) is -0.870. The second-order valence-corrected chi connectivity index (χ2v) is 2.05. The van der Waals surface area contributed by atoms with Crippen molar-refractivity contribution < 1.29 is 14.6 Å². The Bertz CT molecular complexity index is 105. The van der Waals surface area contributed by atoms with E-state index in [9.17, 15) is 4.79 Å². The van der Waals surface area contributed by atoms with Gasteiger partial charge in [-0.2, -0.15) is 0 Å². The van der Waals surface area contributed by atoms with Crippen LogP contribution in [0, 0.1) is 0 Å². The summed E-state index contributed by atoms with van der Waals surface area (Å²) in [6.45, 7) is 1.91. The maximum atomic E-state index is 10.3. The number of carbonyl (C=O) groups is 1. The monoisotopic (exact) mass is 147 g/mol. The minimum Gasteiger partial charge on any atom is -0.389 e. The van der Waals surface area contributed by atoms with Crippen LogP contribution in [0.1, 0.15) is 6.92 Å². The predicted molar refractivity (Wildman–Crippen MR) is 36.6 cm³/mol. The molecule has 0 aliphatic heterocycles. The lowest BCUT2D eigenvalue weighted by atomic mass is 10.4. The fraction of sp³-hybridized carbons (Fsp3) is 0.833. The molecule has 0 saturated carbocycles. The lowest BCUT2D eigenvalue weighted by Gasteiger charge is -2.08. The highest BCUT2D eigenvalue weighted by atomic mass is 16.5. The molecule has 0 unspecified atom stereocenters. The largest absolute Gasteiger partial charge is 0.389 e. The molecule has 0 fully saturated rings. The van der Waals surface area contributed by atoms with Gasteiger partial charge in [0.25, 0.3) is 0 Å². The molecule has 0 aliphatic rings. The average molecular weight is 147 g/mol. The van der Waals surface area contributed by atoms with Crippen LogP contribution in [0.4, 0.5) is 0 Å². The minimum absolute atomic E-state index is 0.143. The molecule has 60 valence electrons. The molecule has 0 radical (unpaired) electrons. The quantitative estimate of drug-likeness (QED) is 0.543. The van der Waals surface area contributed by atoms with Crippen LogP contribution < -0.4 is 5.32 Å². The zero-order valence-electron chi connectivity index (χ0n) is 6.26. The summed E-state index contributed by atoms with van der Waals surface area (Å²) in [5.41, 5.74) is 0. The molecule has 0 saturated heterocycles. The van der Waals surface area contributed by atoms with E-state index in [-0.39, 0.29) is 19.1 Å². The summed E-state index contributed by atoms with van der Waals surface area (Å²) in [5.74, 6) is -0.143. The Balaban J connectivity index is 3.21. The van der Waals surface area contributed by atoms with E-state index in [1.807, 2.05) is 0 Å². The molecule has 1 atom stereocenters. The molecule has 0 aromatic carbocycles. The second-order valence-electron chi connectivity index (χ2n) is 2.05. The molecule has 0 heterocycles. The molecule has 0 aromatic rings. The van der Waals surface area contributed by atoms with E-state index in [4.69, 9.17) is 5.11 Å². The molecule has 0 aromatic heterocycles. The topological polar surface area (TPSA) is 58.6 Å². The summed E-state index contributed by atoms with van der Waals surface area (Å²) in [4.78, 5) is 10.3. The smallest absolute Gasteiger partial charge is 0.216 e. The number of hydrogen-bond donors (Lipinski definition) is 2. The zero-order chi connectivity index (χ0) is 7.98. The van der Waals surface area contributed by atoms with Crippen LogP contribution in [0.5, 0.6) is 0 Å². The molecular weight excluding hydrogens is 134 g/mol. The molecular formula is C6H13NO3. The number of amides is 1. The number of carbonyl (C=O) groups excluding carboxylic acids is 1. The van der Waals surface area contributed by atoms with Crippen molar-refractivity contribution in [3.63, 3.8) is 0 Å². The fourth-order valence-electron chi connectivity index (χ4n) is 0.513. The third-order valence-electron chi connectivity index (χ3n) is 0.946. The Morgan fingerprint density at radius 2 is 2.40 bits per heavy atom. The van der Waals surface area contributed by atoms with Gasteiger partial charge in [0.2, 0.25) is 5.91 Å². The van der Waals surface area contributed by atoms with Gasteiger partial charge in [0.15, 0.2) is 0 Å². The number of nitrogens with one attached hydrogen (secondary N) is 1. The lowest BCUT2D eigenvalue weighted by Crippen LogP contribution is -2.32. The van der Waals surface area contributed by atoms with E-state index in [1.165, 1.54) is 14.0 Å². The minimum atomic E-state index is -0.603. The molecule has 0 aliphatic carbocycles. The zero-order valence-corrected chi connectivity index (χ0v) is 6.26. The third kappa shape index (κ3) is 5.53. The summed E-state index contributed by atoms with van der Waals surface area (Å²) in [6.07, 6.45) is -0.603. The van der Waals surface area contributed by atoms with Gasteiger partial charge in [-0.25, -0.2) is 0 Å². The first-order valence-corrected chi connectivity index (χ1v) is 3.08. The van der Waals surface area contributed by atoms with Crippen molar-refractivity contribution in [1.29, 1.82) is 0 Å². The SMILES string of the molecule is COC[C@@H](O)CNC(C)=O. The first-order chi connectivity index (χ1) is 4.66. The van der Waals surface area contributed by atoms with Crippen molar-refractivity contribution in [2.45, 2.75) is 13.0 Å². The van der Waals surface area contributed by atoms with Crippen LogP contribution in [-0.4, -0.2) is 37.4 Å². The van der Waals surface area contributed by atoms with Crippen LogP contribution in [0.15, 0.2) is 0 Å². The molecule has 4 nitrogen and oxygen atoms in total. The van der Waals surface area contributed by atoms with E-state index >= 15 is 0 Å². The van der Waals surface area contributed by atoms with Gasteiger partial charge < -0.3 is 15.2 Å². The van der Waals surface area contributed by atoms with Gasteiger partial charge in [-0.3, -0.25) is 4.79 Å². The van der Waals surface area contributed by atoms with Crippen LogP contribution >= 0.6 is 0 Å². The Kier molecular flexibility index (Phi) is 4.88. The third-order valence-corrected chi connectivity index (χ3v) is 0.946. The van der Waals surface area contributed by atoms with E-state index in [0.29, 0.717) is 0 Å². The Hall–Kier alpha value is -0.610. The van der Waals surface area contributed by atoms with E-state index in [1.54, 1.807) is 0 Å². The van der Waals surface area contributed by atoms with Crippen molar-refractivity contribution >= 4 is 5.91 Å². The fourth-order valence-corrected chi connectivity index (χ4v) is 0.513. The highest BCUT2D eigenvalue weighted by molar-refractivity contribution is 5.72. The summed E-state index contributed by atoms with van der Waals surface area (Å²) in [6, 6.07) is 0. The van der Waals surface area contributed by atoms with Crippen LogP contribution in [0.25, 0.3) is 0 Å². The first-order valence-electron chi connectivity index (χ1n) is 3.08. The van der Waals surface area contributed by atoms with E-state index in [2.05, 4.69) is 10.1 Å². The van der Waals surface area contributed by atoms with Gasteiger partial charge in [-0.1, -0.05) is 0 Å². The van der Waals surface area contributed by atoms with Gasteiger partial charge in [-0.15, -0.1) is 0 Å². The summed E-state index contributed by atoms with van der Waals surface area (Å²) in [7, 11) is 1.50. The molecule has 0 rings (SSSR count). The standard InChI is InChI=1S/C6H13NO3/c1-5(8)7-3-6(9)4-10-2/h6,9H,3-4H2,1-2H3,(H,7,8)/t6-/m0/s1. The highest BCUT2D eigenvalue weighted by Crippen LogP contribution is 1.79. The normalized spacial score (nSPS) is 12.7. The summed E-state index contributed by atoms with van der Waals surface area (Å²) in [5, 5.41) is 11.4. The van der Waals surface area contributed by atoms with Crippen molar-refractivity contribution in [3.8, 4) is 0 Å². The number of aliphatic hydroxyl groups is 1. The molecule has 0 bridgehead atoms. The van der Waals surface area contributed by atoms with Gasteiger partial charge in [-0.05, 0) is 0 Å². The second kappa shape index (κ2) is 5.20. The number of ether oxygens (including phenoxy) is 1. The lowest BCUT2D eigenvalue weighted by molar-refractivity contribution is -0.119. The Morgan fingerprint density at radius 3 is 2.80 bits per heavy atom. The molecule has 4 heteroatoms. The number of methoxy groups -OCH3 is 1. The molecule has 1 amide bonds. The van der Waals surface area contributed by atoms with Crippen molar-refractivity contribution in [1.82, 2.24) is 5.32 Å². The van der Waals surface area contributed by atoms with Crippen molar-refractivity contribution in [3.05, 3.63) is 0 Å². The maximum absolute atomic E-state index is 10.3. The molecule has 10 heavy (non-hydrogen) atoms. The molecule has 0 spiro atoms. The first kappa shape index (κ1) is 9.39. The average Bonchev–Trinajstić information content (AvgIpc) is 1.85. The van der Waals surface area contributed by atoms with Gasteiger partial charge in [0.1, 0.15) is 0 Å². The van der Waals surface area contributed by atoms with Crippen LogP contribution in [0.3, 0.4) is 0 Å². The van der Waals surface area contributed by atoms with Crippen LogP contribution in [-0.2, 0) is 9.53 Å². The van der Waals surface area contributed by atoms with Gasteiger partial charge in [0.05, 0.1) is 12.7 Å². The van der Waals surface area contributed by atoms with Crippen molar-refractivity contribution in [2.75, 3.05) is 20.3 Å². The Labute approximate surface area is 60.2 Å².